The Morgan fingerprint density at radius 3 is 2.50 bits per heavy atom. The molecule has 0 atom stereocenters. The van der Waals surface area contributed by atoms with Crippen molar-refractivity contribution in [1.29, 1.82) is 0 Å². The number of benzene rings is 1. The molecule has 0 aliphatic heterocycles. The van der Waals surface area contributed by atoms with E-state index in [1.807, 2.05) is 20.0 Å². The van der Waals surface area contributed by atoms with Crippen LogP contribution in [0.3, 0.4) is 0 Å². The third kappa shape index (κ3) is 6.69. The maximum Gasteiger partial charge on any atom is 0.344 e. The number of amides is 2. The Bertz CT molecular complexity index is 1290. The molecule has 2 heterocycles. The smallest absolute Gasteiger partial charge is 0.344 e. The van der Waals surface area contributed by atoms with Gasteiger partial charge in [0.2, 0.25) is 11.7 Å². The number of anilines is 2. The van der Waals surface area contributed by atoms with Gasteiger partial charge < -0.3 is 29.8 Å². The summed E-state index contributed by atoms with van der Waals surface area (Å²) >= 11 is 0. The molecule has 10 heteroatoms. The van der Waals surface area contributed by atoms with Gasteiger partial charge in [-0.3, -0.25) is 9.59 Å². The average Bonchev–Trinajstić information content (AvgIpc) is 3.26. The molecule has 10 nitrogen and oxygen atoms in total. The summed E-state index contributed by atoms with van der Waals surface area (Å²) < 4.78 is 16.6. The molecule has 1 saturated carbocycles. The Balaban J connectivity index is 1.59. The average molecular weight is 523 g/mol. The van der Waals surface area contributed by atoms with E-state index in [2.05, 4.69) is 20.9 Å². The number of nitrogens with zero attached hydrogens (tertiary/aromatic N) is 1. The first-order chi connectivity index (χ1) is 18.2. The Labute approximate surface area is 221 Å². The van der Waals surface area contributed by atoms with Gasteiger partial charge in [-0.05, 0) is 77.3 Å². The highest BCUT2D eigenvalue weighted by atomic mass is 16.6. The van der Waals surface area contributed by atoms with Crippen molar-refractivity contribution in [3.8, 4) is 5.75 Å². The summed E-state index contributed by atoms with van der Waals surface area (Å²) in [5.74, 6) is -0.675. The fourth-order valence-electron chi connectivity index (χ4n) is 4.47. The zero-order chi connectivity index (χ0) is 27.2. The van der Waals surface area contributed by atoms with Crippen LogP contribution in [-0.2, 0) is 14.3 Å². The van der Waals surface area contributed by atoms with E-state index in [4.69, 9.17) is 13.9 Å². The van der Waals surface area contributed by atoms with Crippen molar-refractivity contribution < 1.29 is 28.3 Å². The van der Waals surface area contributed by atoms with Crippen molar-refractivity contribution in [3.05, 3.63) is 47.9 Å². The van der Waals surface area contributed by atoms with Crippen LogP contribution in [0.15, 0.2) is 40.9 Å². The highest BCUT2D eigenvalue weighted by molar-refractivity contribution is 6.14. The molecule has 4 rings (SSSR count). The van der Waals surface area contributed by atoms with Gasteiger partial charge in [-0.25, -0.2) is 9.78 Å². The maximum atomic E-state index is 13.2. The number of esters is 1. The number of furan rings is 1. The zero-order valence-corrected chi connectivity index (χ0v) is 22.1. The normalized spacial score (nSPS) is 17.3. The molecule has 38 heavy (non-hydrogen) atoms. The molecular formula is C28H34N4O6. The van der Waals surface area contributed by atoms with Gasteiger partial charge in [0.1, 0.15) is 22.8 Å². The Kier molecular flexibility index (Phi) is 8.62. The Morgan fingerprint density at radius 1 is 1.08 bits per heavy atom. The fourth-order valence-corrected chi connectivity index (χ4v) is 4.47. The molecule has 0 unspecified atom stereocenters. The van der Waals surface area contributed by atoms with Crippen molar-refractivity contribution in [3.63, 3.8) is 0 Å². The molecule has 2 aromatic heterocycles. The van der Waals surface area contributed by atoms with Crippen molar-refractivity contribution in [1.82, 2.24) is 10.3 Å². The molecule has 0 bridgehead atoms. The minimum absolute atomic E-state index is 0.0454. The van der Waals surface area contributed by atoms with Crippen LogP contribution in [-0.4, -0.2) is 48.6 Å². The van der Waals surface area contributed by atoms with E-state index >= 15 is 0 Å². The number of aromatic nitrogens is 1. The highest BCUT2D eigenvalue weighted by Gasteiger charge is 2.29. The number of ether oxygens (including phenoxy) is 2. The molecule has 2 amide bonds. The molecule has 1 aliphatic rings. The lowest BCUT2D eigenvalue weighted by Gasteiger charge is -2.27. The second-order valence-electron chi connectivity index (χ2n) is 9.79. The minimum Gasteiger partial charge on any atom is -0.482 e. The van der Waals surface area contributed by atoms with Crippen LogP contribution in [0.25, 0.3) is 11.0 Å². The first kappa shape index (κ1) is 27.1. The molecule has 1 fully saturated rings. The van der Waals surface area contributed by atoms with Gasteiger partial charge >= 0.3 is 5.97 Å². The number of hydrogen-bond acceptors (Lipinski definition) is 8. The summed E-state index contributed by atoms with van der Waals surface area (Å²) in [5, 5.41) is 9.50. The summed E-state index contributed by atoms with van der Waals surface area (Å²) in [6.07, 6.45) is 4.73. The molecule has 0 spiro atoms. The van der Waals surface area contributed by atoms with Gasteiger partial charge in [-0.2, -0.15) is 0 Å². The summed E-state index contributed by atoms with van der Waals surface area (Å²) in [4.78, 5) is 42.5. The van der Waals surface area contributed by atoms with Crippen LogP contribution in [0.1, 0.15) is 55.6 Å². The van der Waals surface area contributed by atoms with E-state index in [1.165, 1.54) is 0 Å². The third-order valence-electron chi connectivity index (χ3n) is 6.50. The topological polar surface area (TPSA) is 132 Å². The van der Waals surface area contributed by atoms with Gasteiger partial charge in [0, 0.05) is 29.6 Å². The number of rotatable bonds is 9. The van der Waals surface area contributed by atoms with Crippen LogP contribution in [0.5, 0.6) is 5.75 Å². The van der Waals surface area contributed by atoms with Gasteiger partial charge in [0.15, 0.2) is 6.61 Å². The molecule has 1 aliphatic carbocycles. The second kappa shape index (κ2) is 12.1. The lowest BCUT2D eigenvalue weighted by atomic mass is 9.85. The largest absolute Gasteiger partial charge is 0.482 e. The Morgan fingerprint density at radius 2 is 1.84 bits per heavy atom. The number of carbonyl (C=O) groups is 3. The van der Waals surface area contributed by atoms with Crippen LogP contribution < -0.4 is 20.7 Å². The van der Waals surface area contributed by atoms with Crippen molar-refractivity contribution in [2.75, 3.05) is 24.3 Å². The van der Waals surface area contributed by atoms with E-state index in [0.717, 1.165) is 31.2 Å². The number of fused-ring (bicyclic) bond motifs is 1. The van der Waals surface area contributed by atoms with E-state index in [9.17, 15) is 14.4 Å². The van der Waals surface area contributed by atoms with Crippen molar-refractivity contribution >= 4 is 40.3 Å². The number of nitrogens with one attached hydrogen (secondary N) is 3. The van der Waals surface area contributed by atoms with Crippen LogP contribution in [0.4, 0.5) is 11.5 Å². The number of carbonyl (C=O) groups excluding carboxylic acids is 3. The molecule has 3 aromatic rings. The summed E-state index contributed by atoms with van der Waals surface area (Å²) in [6.45, 7) is 5.15. The SMILES string of the molecule is CNC1CCC(C(=O)Nc2c(C(=O)Nc3ccc(C)cn3)oc3cc(OCC(=O)OC(C)C)ccc23)CC1. The van der Waals surface area contributed by atoms with E-state index in [1.54, 1.807) is 44.3 Å². The van der Waals surface area contributed by atoms with Gasteiger partial charge in [-0.1, -0.05) is 6.07 Å². The zero-order valence-electron chi connectivity index (χ0n) is 22.1. The second-order valence-corrected chi connectivity index (χ2v) is 9.79. The molecule has 0 radical (unpaired) electrons. The maximum absolute atomic E-state index is 13.2. The van der Waals surface area contributed by atoms with Crippen LogP contribution >= 0.6 is 0 Å². The van der Waals surface area contributed by atoms with Crippen molar-refractivity contribution in [2.24, 2.45) is 5.92 Å². The minimum atomic E-state index is -0.547. The predicted molar refractivity (Wildman–Crippen MR) is 143 cm³/mol. The Hall–Kier alpha value is -3.92. The van der Waals surface area contributed by atoms with Gasteiger partial charge in [-0.15, -0.1) is 0 Å². The van der Waals surface area contributed by atoms with E-state index in [-0.39, 0.29) is 36.0 Å². The predicted octanol–water partition coefficient (Wildman–Crippen LogP) is 4.44. The first-order valence-electron chi connectivity index (χ1n) is 12.8. The van der Waals surface area contributed by atoms with E-state index in [0.29, 0.717) is 28.6 Å². The quantitative estimate of drug-likeness (QED) is 0.352. The number of aryl methyl sites for hydroxylation is 1. The van der Waals surface area contributed by atoms with E-state index < -0.39 is 11.9 Å². The molecule has 3 N–H and O–H groups in total. The van der Waals surface area contributed by atoms with Crippen molar-refractivity contribution in [2.45, 2.75) is 58.6 Å². The molecule has 1 aromatic carbocycles. The first-order valence-corrected chi connectivity index (χ1v) is 12.8. The number of pyridine rings is 1. The van der Waals surface area contributed by atoms with Crippen LogP contribution in [0.2, 0.25) is 0 Å². The van der Waals surface area contributed by atoms with Crippen LogP contribution in [0, 0.1) is 12.8 Å². The lowest BCUT2D eigenvalue weighted by molar-refractivity contribution is -0.149. The summed E-state index contributed by atoms with van der Waals surface area (Å²) in [5.41, 5.74) is 1.57. The standard InChI is InChI=1S/C28H34N4O6/c1-16(2)37-24(33)15-36-20-10-11-21-22(13-20)38-26(28(35)31-23-12-5-17(3)14-30-23)25(21)32-27(34)18-6-8-19(29-4)9-7-18/h5,10-14,16,18-19,29H,6-9,15H2,1-4H3,(H,32,34)(H,30,31,35). The molecular weight excluding hydrogens is 488 g/mol. The molecule has 0 saturated heterocycles. The van der Waals surface area contributed by atoms with Gasteiger partial charge in [0.05, 0.1) is 6.10 Å². The monoisotopic (exact) mass is 522 g/mol. The van der Waals surface area contributed by atoms with Gasteiger partial charge in [0.25, 0.3) is 5.91 Å². The summed E-state index contributed by atoms with van der Waals surface area (Å²) in [6, 6.07) is 8.85. The highest BCUT2D eigenvalue weighted by Crippen LogP contribution is 2.35. The fraction of sp³-hybridized carbons (Fsp3) is 0.429. The third-order valence-corrected chi connectivity index (χ3v) is 6.50. The molecule has 202 valence electrons. The number of hydrogen-bond donors (Lipinski definition) is 3. The lowest BCUT2D eigenvalue weighted by Crippen LogP contribution is -2.34. The summed E-state index contributed by atoms with van der Waals surface area (Å²) in [7, 11) is 1.93.